The van der Waals surface area contributed by atoms with Crippen LogP contribution >= 0.6 is 0 Å². The molecule has 1 unspecified atom stereocenters. The van der Waals surface area contributed by atoms with Gasteiger partial charge in [-0.15, -0.1) is 0 Å². The first-order chi connectivity index (χ1) is 6.29. The SMILES string of the molecule is CN[C@@H](N=C=O)C(C)n1nccn1. The first-order valence-electron chi connectivity index (χ1n) is 3.89. The van der Waals surface area contributed by atoms with Gasteiger partial charge in [0.15, 0.2) is 0 Å². The van der Waals surface area contributed by atoms with Crippen LogP contribution in [0, 0.1) is 0 Å². The minimum atomic E-state index is -0.343. The zero-order valence-corrected chi connectivity index (χ0v) is 7.51. The fraction of sp³-hybridized carbons (Fsp3) is 0.571. The van der Waals surface area contributed by atoms with Gasteiger partial charge in [-0.2, -0.15) is 20.0 Å². The highest BCUT2D eigenvalue weighted by Gasteiger charge is 2.16. The number of hydrogen-bond acceptors (Lipinski definition) is 5. The molecular formula is C7H11N5O. The molecule has 6 heteroatoms. The van der Waals surface area contributed by atoms with Crippen LogP contribution in [0.2, 0.25) is 0 Å². The van der Waals surface area contributed by atoms with E-state index in [1.165, 1.54) is 10.9 Å². The molecule has 1 aromatic heterocycles. The van der Waals surface area contributed by atoms with Crippen LogP contribution in [0.4, 0.5) is 0 Å². The maximum atomic E-state index is 10.1. The number of aromatic nitrogens is 3. The number of aliphatic imine (C=N–C) groups is 1. The maximum absolute atomic E-state index is 10.1. The third kappa shape index (κ3) is 2.21. The smallest absolute Gasteiger partial charge is 0.236 e. The monoisotopic (exact) mass is 181 g/mol. The zero-order valence-electron chi connectivity index (χ0n) is 7.51. The van der Waals surface area contributed by atoms with E-state index < -0.39 is 0 Å². The summed E-state index contributed by atoms with van der Waals surface area (Å²) in [6.45, 7) is 1.86. The van der Waals surface area contributed by atoms with Crippen LogP contribution in [-0.4, -0.2) is 34.3 Å². The average molecular weight is 181 g/mol. The summed E-state index contributed by atoms with van der Waals surface area (Å²) in [7, 11) is 1.71. The molecule has 0 spiro atoms. The Morgan fingerprint density at radius 1 is 1.54 bits per heavy atom. The Bertz CT molecular complexity index is 290. The van der Waals surface area contributed by atoms with Crippen LogP contribution in [0.15, 0.2) is 17.4 Å². The lowest BCUT2D eigenvalue weighted by Gasteiger charge is -2.16. The summed E-state index contributed by atoms with van der Waals surface area (Å²) in [6, 6.07) is -0.110. The summed E-state index contributed by atoms with van der Waals surface area (Å²) in [4.78, 5) is 15.1. The van der Waals surface area contributed by atoms with Crippen LogP contribution in [0.25, 0.3) is 0 Å². The van der Waals surface area contributed by atoms with Crippen LogP contribution in [0.3, 0.4) is 0 Å². The lowest BCUT2D eigenvalue weighted by atomic mass is 10.3. The zero-order chi connectivity index (χ0) is 9.68. The van der Waals surface area contributed by atoms with Crippen molar-refractivity contribution in [2.45, 2.75) is 19.1 Å². The predicted molar refractivity (Wildman–Crippen MR) is 45.7 cm³/mol. The van der Waals surface area contributed by atoms with Crippen molar-refractivity contribution in [3.8, 4) is 0 Å². The molecule has 13 heavy (non-hydrogen) atoms. The summed E-state index contributed by atoms with van der Waals surface area (Å²) in [5.41, 5.74) is 0. The Morgan fingerprint density at radius 2 is 2.15 bits per heavy atom. The second-order valence-corrected chi connectivity index (χ2v) is 2.54. The third-order valence-electron chi connectivity index (χ3n) is 1.75. The molecule has 0 amide bonds. The highest BCUT2D eigenvalue weighted by molar-refractivity contribution is 5.33. The standard InChI is InChI=1S/C7H11N5O/c1-6(7(8-2)9-5-13)12-10-3-4-11-12/h3-4,6-8H,1-2H3/t6?,7-/m0/s1. The first-order valence-corrected chi connectivity index (χ1v) is 3.89. The van der Waals surface area contributed by atoms with Crippen molar-refractivity contribution < 1.29 is 4.79 Å². The van der Waals surface area contributed by atoms with E-state index in [1.807, 2.05) is 6.92 Å². The first kappa shape index (κ1) is 9.57. The Kier molecular flexibility index (Phi) is 3.31. The predicted octanol–water partition coefficient (Wildman–Crippen LogP) is -0.280. The van der Waals surface area contributed by atoms with Crippen molar-refractivity contribution in [3.63, 3.8) is 0 Å². The van der Waals surface area contributed by atoms with E-state index in [-0.39, 0.29) is 12.2 Å². The average Bonchev–Trinajstić information content (AvgIpc) is 2.65. The van der Waals surface area contributed by atoms with Crippen molar-refractivity contribution in [1.29, 1.82) is 0 Å². The normalized spacial score (nSPS) is 14.6. The van der Waals surface area contributed by atoms with Gasteiger partial charge in [0.2, 0.25) is 6.08 Å². The number of likely N-dealkylation sites (N-methyl/N-ethyl adjacent to an activating group) is 1. The van der Waals surface area contributed by atoms with Crippen molar-refractivity contribution in [2.75, 3.05) is 7.05 Å². The van der Waals surface area contributed by atoms with Crippen molar-refractivity contribution in [3.05, 3.63) is 12.4 Å². The molecule has 6 nitrogen and oxygen atoms in total. The molecule has 0 radical (unpaired) electrons. The Balaban J connectivity index is 2.75. The second-order valence-electron chi connectivity index (χ2n) is 2.54. The molecule has 0 saturated heterocycles. The summed E-state index contributed by atoms with van der Waals surface area (Å²) >= 11 is 0. The molecule has 0 fully saturated rings. The lowest BCUT2D eigenvalue weighted by molar-refractivity contribution is 0.339. The molecule has 0 aliphatic rings. The fourth-order valence-corrected chi connectivity index (χ4v) is 1.03. The molecule has 0 bridgehead atoms. The molecule has 1 rings (SSSR count). The van der Waals surface area contributed by atoms with Gasteiger partial charge >= 0.3 is 0 Å². The topological polar surface area (TPSA) is 72.2 Å². The number of nitrogens with one attached hydrogen (secondary N) is 1. The van der Waals surface area contributed by atoms with E-state index in [9.17, 15) is 4.79 Å². The second kappa shape index (κ2) is 4.49. The number of hydrogen-bond donors (Lipinski definition) is 1. The highest BCUT2D eigenvalue weighted by atomic mass is 16.1. The van der Waals surface area contributed by atoms with E-state index in [4.69, 9.17) is 0 Å². The van der Waals surface area contributed by atoms with Gasteiger partial charge in [-0.05, 0) is 14.0 Å². The van der Waals surface area contributed by atoms with E-state index in [0.717, 1.165) is 0 Å². The van der Waals surface area contributed by atoms with Gasteiger partial charge in [0.1, 0.15) is 12.2 Å². The molecular weight excluding hydrogens is 170 g/mol. The molecule has 2 atom stereocenters. The Labute approximate surface area is 75.7 Å². The molecule has 0 saturated carbocycles. The van der Waals surface area contributed by atoms with Gasteiger partial charge in [-0.1, -0.05) is 0 Å². The van der Waals surface area contributed by atoms with Gasteiger partial charge in [0.25, 0.3) is 0 Å². The van der Waals surface area contributed by atoms with Crippen LogP contribution in [0.5, 0.6) is 0 Å². The Morgan fingerprint density at radius 3 is 2.62 bits per heavy atom. The van der Waals surface area contributed by atoms with Gasteiger partial charge in [0.05, 0.1) is 12.4 Å². The molecule has 1 heterocycles. The Hall–Kier alpha value is -1.52. The highest BCUT2D eigenvalue weighted by Crippen LogP contribution is 2.07. The minimum absolute atomic E-state index is 0.110. The summed E-state index contributed by atoms with van der Waals surface area (Å²) in [5.74, 6) is 0. The van der Waals surface area contributed by atoms with E-state index >= 15 is 0 Å². The summed E-state index contributed by atoms with van der Waals surface area (Å²) in [6.07, 6.45) is 4.32. The maximum Gasteiger partial charge on any atom is 0.236 e. The molecule has 1 N–H and O–H groups in total. The van der Waals surface area contributed by atoms with E-state index in [1.54, 1.807) is 19.4 Å². The van der Waals surface area contributed by atoms with Gasteiger partial charge < -0.3 is 0 Å². The largest absolute Gasteiger partial charge is 0.296 e. The summed E-state index contributed by atoms with van der Waals surface area (Å²) < 4.78 is 0. The summed E-state index contributed by atoms with van der Waals surface area (Å²) in [5, 5.41) is 10.7. The van der Waals surface area contributed by atoms with Gasteiger partial charge in [-0.25, -0.2) is 4.79 Å². The van der Waals surface area contributed by atoms with E-state index in [2.05, 4.69) is 20.5 Å². The number of nitrogens with zero attached hydrogens (tertiary/aromatic N) is 4. The number of carbonyl (C=O) groups excluding carboxylic acids is 1. The molecule has 0 aromatic carbocycles. The quantitative estimate of drug-likeness (QED) is 0.512. The molecule has 70 valence electrons. The number of isocyanates is 1. The van der Waals surface area contributed by atoms with Crippen LogP contribution < -0.4 is 5.32 Å². The molecule has 0 aliphatic carbocycles. The van der Waals surface area contributed by atoms with Crippen molar-refractivity contribution in [1.82, 2.24) is 20.3 Å². The van der Waals surface area contributed by atoms with Gasteiger partial charge in [0, 0.05) is 0 Å². The number of rotatable bonds is 4. The minimum Gasteiger partial charge on any atom is -0.296 e. The molecule has 1 aromatic rings. The van der Waals surface area contributed by atoms with Crippen LogP contribution in [-0.2, 0) is 4.79 Å². The third-order valence-corrected chi connectivity index (χ3v) is 1.75. The van der Waals surface area contributed by atoms with E-state index in [0.29, 0.717) is 0 Å². The molecule has 0 aliphatic heterocycles. The van der Waals surface area contributed by atoms with Crippen molar-refractivity contribution >= 4 is 6.08 Å². The van der Waals surface area contributed by atoms with Crippen molar-refractivity contribution in [2.24, 2.45) is 4.99 Å². The fourth-order valence-electron chi connectivity index (χ4n) is 1.03. The van der Waals surface area contributed by atoms with Crippen LogP contribution in [0.1, 0.15) is 13.0 Å². The van der Waals surface area contributed by atoms with Gasteiger partial charge in [-0.3, -0.25) is 5.32 Å². The lowest BCUT2D eigenvalue weighted by Crippen LogP contribution is -2.33.